The summed E-state index contributed by atoms with van der Waals surface area (Å²) in [5.74, 6) is -1.51. The molecule has 1 amide bonds. The Morgan fingerprint density at radius 2 is 2.00 bits per heavy atom. The summed E-state index contributed by atoms with van der Waals surface area (Å²) in [5.41, 5.74) is 0.722. The first-order chi connectivity index (χ1) is 16.4. The van der Waals surface area contributed by atoms with Gasteiger partial charge in [0.1, 0.15) is 18.2 Å². The Labute approximate surface area is 197 Å². The van der Waals surface area contributed by atoms with Crippen molar-refractivity contribution in [2.24, 2.45) is 0 Å². The van der Waals surface area contributed by atoms with Gasteiger partial charge in [0.25, 0.3) is 11.7 Å². The summed E-state index contributed by atoms with van der Waals surface area (Å²) in [6.45, 7) is 4.71. The molecule has 1 N–H and O–H groups in total. The molecule has 34 heavy (non-hydrogen) atoms. The molecule has 2 saturated heterocycles. The normalized spacial score (nSPS) is 21.6. The number of carbonyl (C=O) groups is 2. The number of ether oxygens (including phenoxy) is 3. The lowest BCUT2D eigenvalue weighted by Crippen LogP contribution is -2.36. The second-order valence-corrected chi connectivity index (χ2v) is 8.10. The number of benzene rings is 2. The number of rotatable bonds is 8. The first-order valence-corrected chi connectivity index (χ1v) is 11.0. The summed E-state index contributed by atoms with van der Waals surface area (Å²) < 4.78 is 30.2. The molecule has 2 aliphatic rings. The van der Waals surface area contributed by atoms with Gasteiger partial charge in [0.2, 0.25) is 0 Å². The fourth-order valence-corrected chi connectivity index (χ4v) is 4.31. The van der Waals surface area contributed by atoms with Crippen molar-refractivity contribution in [2.75, 3.05) is 26.9 Å². The van der Waals surface area contributed by atoms with Crippen LogP contribution in [0.2, 0.25) is 0 Å². The molecular weight excluding hydrogens is 441 g/mol. The molecular formula is C26H26FNO6. The minimum atomic E-state index is -0.878. The van der Waals surface area contributed by atoms with Gasteiger partial charge < -0.3 is 24.2 Å². The van der Waals surface area contributed by atoms with Gasteiger partial charge in [0.15, 0.2) is 11.5 Å². The van der Waals surface area contributed by atoms with E-state index in [0.29, 0.717) is 23.7 Å². The average Bonchev–Trinajstić information content (AvgIpc) is 3.45. The molecule has 0 aliphatic carbocycles. The van der Waals surface area contributed by atoms with Crippen molar-refractivity contribution in [3.8, 4) is 11.5 Å². The largest absolute Gasteiger partial charge is 0.507 e. The number of likely N-dealkylation sites (tertiary alicyclic amines) is 1. The summed E-state index contributed by atoms with van der Waals surface area (Å²) in [5, 5.41) is 11.1. The first-order valence-electron chi connectivity index (χ1n) is 11.0. The van der Waals surface area contributed by atoms with Gasteiger partial charge in [-0.05, 0) is 54.8 Å². The van der Waals surface area contributed by atoms with E-state index in [2.05, 4.69) is 6.58 Å². The maximum atomic E-state index is 13.4. The van der Waals surface area contributed by atoms with Crippen molar-refractivity contribution in [2.45, 2.75) is 25.0 Å². The highest BCUT2D eigenvalue weighted by molar-refractivity contribution is 6.46. The molecule has 0 aromatic heterocycles. The standard InChI is InChI=1S/C26H26FNO6/c1-3-12-34-20-11-8-17(14-21(20)32-2)23-22(24(29)16-6-9-18(27)10-7-16)25(30)26(31)28(23)15-19-5-4-13-33-19/h3,6-11,14,19,23,29H,1,4-5,12-13,15H2,2H3. The van der Waals surface area contributed by atoms with Crippen LogP contribution in [0.3, 0.4) is 0 Å². The fourth-order valence-electron chi connectivity index (χ4n) is 4.31. The van der Waals surface area contributed by atoms with Crippen LogP contribution in [0.15, 0.2) is 60.7 Å². The summed E-state index contributed by atoms with van der Waals surface area (Å²) in [4.78, 5) is 27.6. The highest BCUT2D eigenvalue weighted by Crippen LogP contribution is 2.42. The molecule has 0 spiro atoms. The van der Waals surface area contributed by atoms with E-state index in [9.17, 15) is 19.1 Å². The highest BCUT2D eigenvalue weighted by atomic mass is 19.1. The number of ketones is 1. The van der Waals surface area contributed by atoms with Crippen LogP contribution in [0, 0.1) is 5.82 Å². The Hall–Kier alpha value is -3.65. The van der Waals surface area contributed by atoms with Gasteiger partial charge in [-0.2, -0.15) is 0 Å². The molecule has 0 saturated carbocycles. The zero-order valence-corrected chi connectivity index (χ0v) is 18.8. The molecule has 2 fully saturated rings. The molecule has 0 radical (unpaired) electrons. The number of amides is 1. The number of aliphatic hydroxyl groups excluding tert-OH is 1. The Kier molecular flexibility index (Phi) is 6.98. The third-order valence-electron chi connectivity index (χ3n) is 5.94. The van der Waals surface area contributed by atoms with Gasteiger partial charge in [-0.15, -0.1) is 0 Å². The molecule has 4 rings (SSSR count). The van der Waals surface area contributed by atoms with E-state index in [1.807, 2.05) is 0 Å². The minimum Gasteiger partial charge on any atom is -0.507 e. The molecule has 0 bridgehead atoms. The van der Waals surface area contributed by atoms with Gasteiger partial charge in [-0.1, -0.05) is 18.7 Å². The van der Waals surface area contributed by atoms with Gasteiger partial charge >= 0.3 is 0 Å². The summed E-state index contributed by atoms with van der Waals surface area (Å²) >= 11 is 0. The van der Waals surface area contributed by atoms with Gasteiger partial charge in [-0.3, -0.25) is 9.59 Å². The van der Waals surface area contributed by atoms with Crippen molar-refractivity contribution in [3.05, 3.63) is 77.6 Å². The zero-order chi connectivity index (χ0) is 24.2. The van der Waals surface area contributed by atoms with Crippen LogP contribution >= 0.6 is 0 Å². The van der Waals surface area contributed by atoms with Gasteiger partial charge in [0, 0.05) is 18.7 Å². The number of hydrogen-bond acceptors (Lipinski definition) is 6. The third-order valence-corrected chi connectivity index (χ3v) is 5.94. The van der Waals surface area contributed by atoms with Crippen LogP contribution < -0.4 is 9.47 Å². The minimum absolute atomic E-state index is 0.0728. The molecule has 2 aromatic rings. The Morgan fingerprint density at radius 3 is 2.65 bits per heavy atom. The van der Waals surface area contributed by atoms with Crippen LogP contribution in [-0.4, -0.2) is 54.7 Å². The average molecular weight is 467 g/mol. The quantitative estimate of drug-likeness (QED) is 0.273. The Morgan fingerprint density at radius 1 is 1.24 bits per heavy atom. The van der Waals surface area contributed by atoms with Crippen molar-refractivity contribution in [1.82, 2.24) is 4.90 Å². The second-order valence-electron chi connectivity index (χ2n) is 8.10. The van der Waals surface area contributed by atoms with Crippen LogP contribution in [0.1, 0.15) is 30.0 Å². The van der Waals surface area contributed by atoms with Crippen LogP contribution in [0.4, 0.5) is 4.39 Å². The van der Waals surface area contributed by atoms with E-state index < -0.39 is 23.5 Å². The lowest BCUT2D eigenvalue weighted by Gasteiger charge is -2.28. The lowest BCUT2D eigenvalue weighted by molar-refractivity contribution is -0.140. The second kappa shape index (κ2) is 10.1. The van der Waals surface area contributed by atoms with E-state index in [4.69, 9.17) is 14.2 Å². The first kappa shape index (κ1) is 23.5. The predicted molar refractivity (Wildman–Crippen MR) is 123 cm³/mol. The smallest absolute Gasteiger partial charge is 0.295 e. The predicted octanol–water partition coefficient (Wildman–Crippen LogP) is 4.00. The number of nitrogens with zero attached hydrogens (tertiary/aromatic N) is 1. The highest BCUT2D eigenvalue weighted by Gasteiger charge is 2.47. The molecule has 2 unspecified atom stereocenters. The molecule has 2 atom stereocenters. The van der Waals surface area contributed by atoms with Crippen molar-refractivity contribution in [3.63, 3.8) is 0 Å². The summed E-state index contributed by atoms with van der Waals surface area (Å²) in [6, 6.07) is 9.29. The van der Waals surface area contributed by atoms with Crippen LogP contribution in [0.25, 0.3) is 5.76 Å². The zero-order valence-electron chi connectivity index (χ0n) is 18.8. The number of aliphatic hydroxyl groups is 1. The van der Waals surface area contributed by atoms with Crippen molar-refractivity contribution < 1.29 is 33.3 Å². The van der Waals surface area contributed by atoms with Crippen LogP contribution in [-0.2, 0) is 14.3 Å². The lowest BCUT2D eigenvalue weighted by atomic mass is 9.94. The number of hydrogen-bond donors (Lipinski definition) is 1. The molecule has 7 nitrogen and oxygen atoms in total. The topological polar surface area (TPSA) is 85.3 Å². The number of Topliss-reactive ketones (excluding diaryl/α,β-unsaturated/α-hetero) is 1. The SMILES string of the molecule is C=CCOc1ccc(C2C(=C(O)c3ccc(F)cc3)C(=O)C(=O)N2CC2CCCO2)cc1OC. The summed E-state index contributed by atoms with van der Waals surface area (Å²) in [6.07, 6.45) is 3.04. The monoisotopic (exact) mass is 467 g/mol. The summed E-state index contributed by atoms with van der Waals surface area (Å²) in [7, 11) is 1.49. The maximum absolute atomic E-state index is 13.4. The molecule has 178 valence electrons. The Bertz CT molecular complexity index is 1120. The molecule has 2 heterocycles. The van der Waals surface area contributed by atoms with E-state index in [-0.39, 0.29) is 36.2 Å². The number of carbonyl (C=O) groups excluding carboxylic acids is 2. The van der Waals surface area contributed by atoms with Crippen molar-refractivity contribution >= 4 is 17.4 Å². The fraction of sp³-hybridized carbons (Fsp3) is 0.308. The van der Waals surface area contributed by atoms with Crippen LogP contribution in [0.5, 0.6) is 11.5 Å². The van der Waals surface area contributed by atoms with E-state index >= 15 is 0 Å². The van der Waals surface area contributed by atoms with E-state index in [0.717, 1.165) is 12.8 Å². The maximum Gasteiger partial charge on any atom is 0.295 e. The van der Waals surface area contributed by atoms with Gasteiger partial charge in [-0.25, -0.2) is 4.39 Å². The number of halogens is 1. The van der Waals surface area contributed by atoms with Gasteiger partial charge in [0.05, 0.1) is 24.8 Å². The molecule has 8 heteroatoms. The number of methoxy groups -OCH3 is 1. The van der Waals surface area contributed by atoms with E-state index in [1.54, 1.807) is 24.3 Å². The van der Waals surface area contributed by atoms with E-state index in [1.165, 1.54) is 36.3 Å². The molecule has 2 aromatic carbocycles. The third kappa shape index (κ3) is 4.54. The Balaban J connectivity index is 1.82. The molecule has 2 aliphatic heterocycles. The van der Waals surface area contributed by atoms with Crippen molar-refractivity contribution in [1.29, 1.82) is 0 Å².